The Morgan fingerprint density at radius 1 is 1.21 bits per heavy atom. The van der Waals surface area contributed by atoms with Crippen LogP contribution in [0.2, 0.25) is 0 Å². The van der Waals surface area contributed by atoms with E-state index in [1.165, 1.54) is 12.8 Å². The number of benzene rings is 2. The van der Waals surface area contributed by atoms with Gasteiger partial charge in [-0.3, -0.25) is 4.79 Å². The van der Waals surface area contributed by atoms with Gasteiger partial charge in [-0.15, -0.1) is 0 Å². The largest absolute Gasteiger partial charge is 0.504 e. The first-order chi connectivity index (χ1) is 13.7. The summed E-state index contributed by atoms with van der Waals surface area (Å²) in [5.74, 6) is 1.31. The van der Waals surface area contributed by atoms with E-state index in [4.69, 9.17) is 4.74 Å². The number of phenolic OH excluding ortho intramolecular Hbond substituents is 1. The third kappa shape index (κ3) is 5.41. The van der Waals surface area contributed by atoms with Crippen molar-refractivity contribution < 1.29 is 14.6 Å². The van der Waals surface area contributed by atoms with Crippen molar-refractivity contribution in [2.75, 3.05) is 6.61 Å². The lowest BCUT2D eigenvalue weighted by Gasteiger charge is -2.14. The molecule has 2 aromatic rings. The van der Waals surface area contributed by atoms with Gasteiger partial charge in [-0.2, -0.15) is 0 Å². The molecule has 154 valence electrons. The molecule has 2 aromatic carbocycles. The molecule has 0 radical (unpaired) electrons. The van der Waals surface area contributed by atoms with Crippen LogP contribution in [0.1, 0.15) is 50.3 Å². The summed E-state index contributed by atoms with van der Waals surface area (Å²) in [6, 6.07) is 9.90. The Hall–Kier alpha value is -2.75. The number of carbonyl (C=O) groups excluding carboxylic acids is 1. The number of carbonyl (C=O) groups is 1. The number of rotatable bonds is 7. The molecule has 0 heterocycles. The Bertz CT molecular complexity index is 939. The van der Waals surface area contributed by atoms with E-state index in [9.17, 15) is 9.90 Å². The third-order valence-electron chi connectivity index (χ3n) is 5.20. The van der Waals surface area contributed by atoms with Crippen LogP contribution in [0.15, 0.2) is 35.9 Å². The van der Waals surface area contributed by atoms with E-state index in [1.54, 1.807) is 6.07 Å². The summed E-state index contributed by atoms with van der Waals surface area (Å²) in [6.07, 6.45) is 4.36. The summed E-state index contributed by atoms with van der Waals surface area (Å²) >= 11 is 0. The third-order valence-corrected chi connectivity index (χ3v) is 5.20. The molecule has 29 heavy (non-hydrogen) atoms. The molecule has 4 nitrogen and oxygen atoms in total. The molecule has 1 amide bonds. The molecule has 2 N–H and O–H groups in total. The Kier molecular flexibility index (Phi) is 6.31. The predicted molar refractivity (Wildman–Crippen MR) is 118 cm³/mol. The number of aromatic hydroxyl groups is 1. The highest BCUT2D eigenvalue weighted by atomic mass is 16.5. The molecule has 4 heteroatoms. The standard InChI is InChI=1S/C25H31NO3/c1-15(2)26-25(28)18(5)11-21-10-17(4)22(12-16(21)3)20-8-9-24(23(27)13-20)29-14-19-6-7-19/h8-13,15,19,27H,6-7,14H2,1-5H3,(H,26,28)/b18-11+. The molecule has 3 rings (SSSR count). The number of hydrogen-bond acceptors (Lipinski definition) is 3. The lowest BCUT2D eigenvalue weighted by Crippen LogP contribution is -2.30. The summed E-state index contributed by atoms with van der Waals surface area (Å²) < 4.78 is 5.72. The molecule has 0 spiro atoms. The van der Waals surface area contributed by atoms with Crippen molar-refractivity contribution >= 4 is 12.0 Å². The van der Waals surface area contributed by atoms with E-state index >= 15 is 0 Å². The van der Waals surface area contributed by atoms with E-state index < -0.39 is 0 Å². The Morgan fingerprint density at radius 3 is 2.55 bits per heavy atom. The van der Waals surface area contributed by atoms with Crippen molar-refractivity contribution in [1.29, 1.82) is 0 Å². The van der Waals surface area contributed by atoms with Crippen LogP contribution in [0.5, 0.6) is 11.5 Å². The fraction of sp³-hybridized carbons (Fsp3) is 0.400. The van der Waals surface area contributed by atoms with Crippen molar-refractivity contribution in [2.45, 2.75) is 53.5 Å². The van der Waals surface area contributed by atoms with Crippen LogP contribution in [0, 0.1) is 19.8 Å². The van der Waals surface area contributed by atoms with E-state index in [1.807, 2.05) is 52.8 Å². The quantitative estimate of drug-likeness (QED) is 0.620. The van der Waals surface area contributed by atoms with Gasteiger partial charge in [-0.1, -0.05) is 18.2 Å². The molecule has 0 atom stereocenters. The number of hydrogen-bond donors (Lipinski definition) is 2. The molecule has 0 unspecified atom stereocenters. The van der Waals surface area contributed by atoms with Crippen LogP contribution in [-0.4, -0.2) is 23.7 Å². The first-order valence-corrected chi connectivity index (χ1v) is 10.3. The fourth-order valence-electron chi connectivity index (χ4n) is 3.28. The minimum Gasteiger partial charge on any atom is -0.504 e. The van der Waals surface area contributed by atoms with E-state index in [-0.39, 0.29) is 17.7 Å². The summed E-state index contributed by atoms with van der Waals surface area (Å²) in [5, 5.41) is 13.3. The predicted octanol–water partition coefficient (Wildman–Crippen LogP) is 5.39. The maximum Gasteiger partial charge on any atom is 0.247 e. The number of amides is 1. The summed E-state index contributed by atoms with van der Waals surface area (Å²) in [4.78, 5) is 12.2. The van der Waals surface area contributed by atoms with Crippen LogP contribution in [0.3, 0.4) is 0 Å². The van der Waals surface area contributed by atoms with Crippen LogP contribution < -0.4 is 10.1 Å². The van der Waals surface area contributed by atoms with Gasteiger partial charge in [0.1, 0.15) is 0 Å². The fourth-order valence-corrected chi connectivity index (χ4v) is 3.28. The van der Waals surface area contributed by atoms with E-state index in [2.05, 4.69) is 17.4 Å². The molecule has 1 fully saturated rings. The van der Waals surface area contributed by atoms with Gasteiger partial charge in [0.05, 0.1) is 6.61 Å². The maximum absolute atomic E-state index is 12.2. The molecule has 0 aliphatic heterocycles. The van der Waals surface area contributed by atoms with E-state index in [0.29, 0.717) is 23.8 Å². The van der Waals surface area contributed by atoms with Gasteiger partial charge in [0.15, 0.2) is 11.5 Å². The molecule has 0 saturated heterocycles. The maximum atomic E-state index is 12.2. The zero-order valence-corrected chi connectivity index (χ0v) is 18.0. The molecular formula is C25H31NO3. The first kappa shape index (κ1) is 21.0. The average molecular weight is 394 g/mol. The molecular weight excluding hydrogens is 362 g/mol. The van der Waals surface area contributed by atoms with Gasteiger partial charge in [-0.05, 0) is 99.4 Å². The van der Waals surface area contributed by atoms with Crippen molar-refractivity contribution in [2.24, 2.45) is 5.92 Å². The van der Waals surface area contributed by atoms with Gasteiger partial charge < -0.3 is 15.2 Å². The number of aryl methyl sites for hydroxylation is 2. The van der Waals surface area contributed by atoms with Crippen LogP contribution in [0.4, 0.5) is 0 Å². The summed E-state index contributed by atoms with van der Waals surface area (Å²) in [5.41, 5.74) is 5.89. The van der Waals surface area contributed by atoms with Crippen LogP contribution >= 0.6 is 0 Å². The second-order valence-electron chi connectivity index (χ2n) is 8.42. The van der Waals surface area contributed by atoms with Crippen LogP contribution in [0.25, 0.3) is 17.2 Å². The lowest BCUT2D eigenvalue weighted by molar-refractivity contribution is -0.117. The Labute approximate surface area is 173 Å². The van der Waals surface area contributed by atoms with E-state index in [0.717, 1.165) is 27.8 Å². The first-order valence-electron chi connectivity index (χ1n) is 10.3. The minimum absolute atomic E-state index is 0.0483. The van der Waals surface area contributed by atoms with Crippen LogP contribution in [-0.2, 0) is 4.79 Å². The summed E-state index contributed by atoms with van der Waals surface area (Å²) in [6.45, 7) is 10.5. The number of nitrogens with one attached hydrogen (secondary N) is 1. The normalized spacial score (nSPS) is 14.2. The lowest BCUT2D eigenvalue weighted by atomic mass is 9.94. The molecule has 1 aliphatic rings. The van der Waals surface area contributed by atoms with Gasteiger partial charge in [0.25, 0.3) is 0 Å². The minimum atomic E-state index is -0.0483. The second kappa shape index (κ2) is 8.73. The molecule has 0 aromatic heterocycles. The van der Waals surface area contributed by atoms with Crippen molar-refractivity contribution in [3.8, 4) is 22.6 Å². The molecule has 1 saturated carbocycles. The highest BCUT2D eigenvalue weighted by Gasteiger charge is 2.22. The SMILES string of the molecule is C/C(=C\c1cc(C)c(-c2ccc(OCC3CC3)c(O)c2)cc1C)C(=O)NC(C)C. The monoisotopic (exact) mass is 393 g/mol. The van der Waals surface area contributed by atoms with Crippen molar-refractivity contribution in [1.82, 2.24) is 5.32 Å². The molecule has 0 bridgehead atoms. The number of phenols is 1. The smallest absolute Gasteiger partial charge is 0.247 e. The zero-order chi connectivity index (χ0) is 21.1. The molecule has 1 aliphatic carbocycles. The number of ether oxygens (including phenoxy) is 1. The second-order valence-corrected chi connectivity index (χ2v) is 8.42. The Balaban J connectivity index is 1.83. The highest BCUT2D eigenvalue weighted by molar-refractivity contribution is 5.97. The zero-order valence-electron chi connectivity index (χ0n) is 18.0. The van der Waals surface area contributed by atoms with Gasteiger partial charge in [-0.25, -0.2) is 0 Å². The summed E-state index contributed by atoms with van der Waals surface area (Å²) in [7, 11) is 0. The van der Waals surface area contributed by atoms with Gasteiger partial charge in [0, 0.05) is 11.6 Å². The average Bonchev–Trinajstić information content (AvgIpc) is 3.47. The van der Waals surface area contributed by atoms with Crippen molar-refractivity contribution in [3.63, 3.8) is 0 Å². The topological polar surface area (TPSA) is 58.6 Å². The highest BCUT2D eigenvalue weighted by Crippen LogP contribution is 2.36. The van der Waals surface area contributed by atoms with Crippen molar-refractivity contribution in [3.05, 3.63) is 52.6 Å². The van der Waals surface area contributed by atoms with Gasteiger partial charge in [0.2, 0.25) is 5.91 Å². The Morgan fingerprint density at radius 2 is 1.93 bits per heavy atom. The van der Waals surface area contributed by atoms with Gasteiger partial charge >= 0.3 is 0 Å².